The highest BCUT2D eigenvalue weighted by Crippen LogP contribution is 2.36. The van der Waals surface area contributed by atoms with Crippen molar-refractivity contribution in [3.05, 3.63) is 40.6 Å². The number of fused-ring (bicyclic) bond motifs is 1. The van der Waals surface area contributed by atoms with Gasteiger partial charge in [0, 0.05) is 37.9 Å². The Balaban J connectivity index is 1.41. The number of rotatable bonds is 7. The predicted molar refractivity (Wildman–Crippen MR) is 132 cm³/mol. The normalized spacial score (nSPS) is 15.7. The molecule has 1 N–H and O–H groups in total. The van der Waals surface area contributed by atoms with Gasteiger partial charge in [0.15, 0.2) is 0 Å². The molecule has 8 nitrogen and oxygen atoms in total. The second-order valence-corrected chi connectivity index (χ2v) is 9.15. The molecule has 2 heterocycles. The van der Waals surface area contributed by atoms with Crippen molar-refractivity contribution >= 4 is 17.4 Å². The van der Waals surface area contributed by atoms with Gasteiger partial charge in [-0.2, -0.15) is 5.26 Å². The number of nitrogens with one attached hydrogen (secondary N) is 1. The number of carbonyl (C=O) groups excluding carboxylic acids is 1. The molecule has 0 bridgehead atoms. The maximum Gasteiger partial charge on any atom is 0.238 e. The van der Waals surface area contributed by atoms with Gasteiger partial charge in [-0.25, -0.2) is 4.98 Å². The largest absolute Gasteiger partial charge is 0.497 e. The zero-order chi connectivity index (χ0) is 24.2. The molecule has 180 valence electrons. The van der Waals surface area contributed by atoms with Gasteiger partial charge >= 0.3 is 0 Å². The van der Waals surface area contributed by atoms with Gasteiger partial charge < -0.3 is 19.7 Å². The number of nitrogens with zero attached hydrogens (tertiary/aromatic N) is 4. The van der Waals surface area contributed by atoms with Crippen LogP contribution in [0.2, 0.25) is 0 Å². The Morgan fingerprint density at radius 1 is 1.15 bits per heavy atom. The van der Waals surface area contributed by atoms with Crippen LogP contribution in [-0.2, 0) is 17.6 Å². The Hall–Kier alpha value is -3.31. The Labute approximate surface area is 201 Å². The van der Waals surface area contributed by atoms with E-state index >= 15 is 0 Å². The molecule has 1 amide bonds. The van der Waals surface area contributed by atoms with Crippen LogP contribution in [0.5, 0.6) is 11.5 Å². The fourth-order valence-electron chi connectivity index (χ4n) is 4.91. The minimum Gasteiger partial charge on any atom is -0.497 e. The highest BCUT2D eigenvalue weighted by Gasteiger charge is 2.29. The van der Waals surface area contributed by atoms with Crippen molar-refractivity contribution in [3.63, 3.8) is 0 Å². The van der Waals surface area contributed by atoms with Gasteiger partial charge in [0.1, 0.15) is 23.4 Å². The molecular weight excluding hydrogens is 430 g/mol. The van der Waals surface area contributed by atoms with Crippen LogP contribution in [0, 0.1) is 11.3 Å². The quantitative estimate of drug-likeness (QED) is 0.673. The van der Waals surface area contributed by atoms with E-state index < -0.39 is 0 Å². The summed E-state index contributed by atoms with van der Waals surface area (Å²) in [6, 6.07) is 7.76. The van der Waals surface area contributed by atoms with Crippen LogP contribution in [0.25, 0.3) is 0 Å². The minimum absolute atomic E-state index is 0.0904. The highest BCUT2D eigenvalue weighted by molar-refractivity contribution is 5.93. The second kappa shape index (κ2) is 10.3. The lowest BCUT2D eigenvalue weighted by Gasteiger charge is -2.36. The van der Waals surface area contributed by atoms with E-state index in [9.17, 15) is 10.1 Å². The number of ether oxygens (including phenoxy) is 2. The van der Waals surface area contributed by atoms with Crippen LogP contribution in [0.15, 0.2) is 18.2 Å². The predicted octanol–water partition coefficient (Wildman–Crippen LogP) is 3.34. The molecule has 1 aromatic heterocycles. The number of hydrogen-bond donors (Lipinski definition) is 1. The molecule has 1 fully saturated rings. The third kappa shape index (κ3) is 4.80. The number of piperazine rings is 1. The smallest absolute Gasteiger partial charge is 0.238 e. The van der Waals surface area contributed by atoms with Gasteiger partial charge in [0.25, 0.3) is 0 Å². The average Bonchev–Trinajstić information content (AvgIpc) is 3.33. The van der Waals surface area contributed by atoms with Crippen LogP contribution in [0.1, 0.15) is 48.6 Å². The molecule has 1 aliphatic carbocycles. The fourth-order valence-corrected chi connectivity index (χ4v) is 4.91. The molecule has 2 aliphatic rings. The topological polar surface area (TPSA) is 90.7 Å². The van der Waals surface area contributed by atoms with E-state index in [0.29, 0.717) is 29.6 Å². The zero-order valence-corrected chi connectivity index (χ0v) is 20.5. The Kier molecular flexibility index (Phi) is 7.23. The summed E-state index contributed by atoms with van der Waals surface area (Å²) in [5.74, 6) is 2.29. The van der Waals surface area contributed by atoms with E-state index in [0.717, 1.165) is 62.5 Å². The summed E-state index contributed by atoms with van der Waals surface area (Å²) < 4.78 is 10.6. The number of anilines is 2. The first-order chi connectivity index (χ1) is 16.4. The molecule has 0 radical (unpaired) electrons. The third-order valence-corrected chi connectivity index (χ3v) is 6.66. The van der Waals surface area contributed by atoms with E-state index in [1.807, 2.05) is 0 Å². The molecule has 1 saturated heterocycles. The number of hydrogen-bond acceptors (Lipinski definition) is 7. The van der Waals surface area contributed by atoms with Crippen LogP contribution < -0.4 is 19.7 Å². The summed E-state index contributed by atoms with van der Waals surface area (Å²) in [5.41, 5.74) is 4.99. The number of benzene rings is 1. The fraction of sp³-hybridized carbons (Fsp3) is 0.500. The van der Waals surface area contributed by atoms with Gasteiger partial charge in [0.2, 0.25) is 5.91 Å². The SMILES string of the molecule is COc1ccc(NC(=O)CN2CCN(c3nc(C(C)C)c4c(c3C#N)CCC4)CC2)c(OC)c1. The Morgan fingerprint density at radius 2 is 1.88 bits per heavy atom. The van der Waals surface area contributed by atoms with Crippen LogP contribution in [0.3, 0.4) is 0 Å². The lowest BCUT2D eigenvalue weighted by Crippen LogP contribution is -2.49. The first-order valence-electron chi connectivity index (χ1n) is 11.9. The van der Waals surface area contributed by atoms with Crippen molar-refractivity contribution in [1.29, 1.82) is 5.26 Å². The average molecular weight is 464 g/mol. The number of aromatic nitrogens is 1. The third-order valence-electron chi connectivity index (χ3n) is 6.66. The minimum atomic E-state index is -0.0904. The summed E-state index contributed by atoms with van der Waals surface area (Å²) in [6.45, 7) is 7.56. The molecule has 0 unspecified atom stereocenters. The van der Waals surface area contributed by atoms with E-state index in [2.05, 4.69) is 35.0 Å². The van der Waals surface area contributed by atoms with Crippen molar-refractivity contribution in [2.75, 3.05) is 57.2 Å². The summed E-state index contributed by atoms with van der Waals surface area (Å²) in [6.07, 6.45) is 3.08. The van der Waals surface area contributed by atoms with Crippen LogP contribution in [0.4, 0.5) is 11.5 Å². The molecule has 34 heavy (non-hydrogen) atoms. The van der Waals surface area contributed by atoms with E-state index in [1.54, 1.807) is 32.4 Å². The lowest BCUT2D eigenvalue weighted by molar-refractivity contribution is -0.117. The zero-order valence-electron chi connectivity index (χ0n) is 20.5. The number of nitriles is 1. The maximum atomic E-state index is 12.7. The van der Waals surface area contributed by atoms with E-state index in [-0.39, 0.29) is 5.91 Å². The molecule has 1 aromatic carbocycles. The molecule has 8 heteroatoms. The maximum absolute atomic E-state index is 12.7. The van der Waals surface area contributed by atoms with Crippen LogP contribution in [-0.4, -0.2) is 62.7 Å². The van der Waals surface area contributed by atoms with Gasteiger partial charge in [0.05, 0.1) is 32.0 Å². The van der Waals surface area contributed by atoms with Crippen molar-refractivity contribution in [1.82, 2.24) is 9.88 Å². The summed E-state index contributed by atoms with van der Waals surface area (Å²) >= 11 is 0. The monoisotopic (exact) mass is 463 g/mol. The number of carbonyl (C=O) groups is 1. The van der Waals surface area contributed by atoms with E-state index in [4.69, 9.17) is 14.5 Å². The second-order valence-electron chi connectivity index (χ2n) is 9.15. The van der Waals surface area contributed by atoms with Gasteiger partial charge in [-0.15, -0.1) is 0 Å². The molecular formula is C26H33N5O3. The van der Waals surface area contributed by atoms with Crippen molar-refractivity contribution in [2.24, 2.45) is 0 Å². The number of methoxy groups -OCH3 is 2. The van der Waals surface area contributed by atoms with Crippen LogP contribution >= 0.6 is 0 Å². The summed E-state index contributed by atoms with van der Waals surface area (Å²) in [7, 11) is 3.16. The first kappa shape index (κ1) is 23.8. The molecule has 4 rings (SSSR count). The molecule has 0 spiro atoms. The van der Waals surface area contributed by atoms with Crippen molar-refractivity contribution < 1.29 is 14.3 Å². The summed E-state index contributed by atoms with van der Waals surface area (Å²) in [5, 5.41) is 12.9. The standard InChI is InChI=1S/C26H33N5O3/c1-17(2)25-20-7-5-6-19(20)21(15-27)26(29-25)31-12-10-30(11-13-31)16-24(32)28-22-9-8-18(33-3)14-23(22)34-4/h8-9,14,17H,5-7,10-13,16H2,1-4H3,(H,28,32). The number of pyridine rings is 1. The molecule has 1 aliphatic heterocycles. The van der Waals surface area contributed by atoms with Gasteiger partial charge in [-0.3, -0.25) is 9.69 Å². The van der Waals surface area contributed by atoms with Gasteiger partial charge in [-0.1, -0.05) is 13.8 Å². The highest BCUT2D eigenvalue weighted by atomic mass is 16.5. The number of amides is 1. The van der Waals surface area contributed by atoms with Crippen molar-refractivity contribution in [3.8, 4) is 17.6 Å². The Morgan fingerprint density at radius 3 is 2.53 bits per heavy atom. The molecule has 0 atom stereocenters. The van der Waals surface area contributed by atoms with E-state index in [1.165, 1.54) is 11.1 Å². The first-order valence-corrected chi connectivity index (χ1v) is 11.9. The summed E-state index contributed by atoms with van der Waals surface area (Å²) in [4.78, 5) is 22.0. The van der Waals surface area contributed by atoms with Gasteiger partial charge in [-0.05, 0) is 48.4 Å². The molecule has 0 saturated carbocycles. The Bertz CT molecular complexity index is 1100. The lowest BCUT2D eigenvalue weighted by atomic mass is 9.97. The molecule has 2 aromatic rings. The van der Waals surface area contributed by atoms with Crippen molar-refractivity contribution in [2.45, 2.75) is 39.0 Å².